The van der Waals surface area contributed by atoms with Crippen LogP contribution >= 0.6 is 12.4 Å². The molecule has 23 heavy (non-hydrogen) atoms. The predicted octanol–water partition coefficient (Wildman–Crippen LogP) is 2.82. The normalized spacial score (nSPS) is 11.6. The number of nitrogens with two attached hydrogens (primary N) is 1. The second kappa shape index (κ2) is 9.53. The van der Waals surface area contributed by atoms with Crippen molar-refractivity contribution < 1.29 is 9.59 Å². The van der Waals surface area contributed by atoms with E-state index in [-0.39, 0.29) is 30.3 Å². The van der Waals surface area contributed by atoms with Crippen LogP contribution in [0.25, 0.3) is 0 Å². The topological polar surface area (TPSA) is 75.4 Å². The van der Waals surface area contributed by atoms with E-state index >= 15 is 0 Å². The van der Waals surface area contributed by atoms with Gasteiger partial charge in [0.1, 0.15) is 0 Å². The SMILES string of the molecule is Cc1cc(C(=O)N(C)C(C)CN)ccc1NC(=O)CC(C)C.Cl. The van der Waals surface area contributed by atoms with Crippen LogP contribution in [0.1, 0.15) is 43.1 Å². The van der Waals surface area contributed by atoms with Crippen LogP contribution in [-0.4, -0.2) is 36.3 Å². The predicted molar refractivity (Wildman–Crippen MR) is 97.1 cm³/mol. The first kappa shape index (κ1) is 21.4. The lowest BCUT2D eigenvalue weighted by Gasteiger charge is -2.24. The Balaban J connectivity index is 0.00000484. The first-order chi connectivity index (χ1) is 10.3. The van der Waals surface area contributed by atoms with Gasteiger partial charge in [-0.2, -0.15) is 0 Å². The Morgan fingerprint density at radius 1 is 1.26 bits per heavy atom. The summed E-state index contributed by atoms with van der Waals surface area (Å²) in [4.78, 5) is 25.8. The molecular weight excluding hydrogens is 314 g/mol. The summed E-state index contributed by atoms with van der Waals surface area (Å²) >= 11 is 0. The van der Waals surface area contributed by atoms with Crippen molar-refractivity contribution in [2.24, 2.45) is 11.7 Å². The lowest BCUT2D eigenvalue weighted by atomic mass is 10.1. The summed E-state index contributed by atoms with van der Waals surface area (Å²) in [7, 11) is 1.74. The molecule has 1 atom stereocenters. The van der Waals surface area contributed by atoms with Gasteiger partial charge >= 0.3 is 0 Å². The Morgan fingerprint density at radius 3 is 2.35 bits per heavy atom. The highest BCUT2D eigenvalue weighted by Gasteiger charge is 2.17. The molecule has 0 radical (unpaired) electrons. The van der Waals surface area contributed by atoms with Crippen LogP contribution < -0.4 is 11.1 Å². The second-order valence-corrected chi connectivity index (χ2v) is 6.18. The van der Waals surface area contributed by atoms with Gasteiger partial charge in [0.05, 0.1) is 0 Å². The highest BCUT2D eigenvalue weighted by atomic mass is 35.5. The summed E-state index contributed by atoms with van der Waals surface area (Å²) in [6.07, 6.45) is 0.483. The van der Waals surface area contributed by atoms with Gasteiger partial charge in [-0.15, -0.1) is 12.4 Å². The molecule has 0 aromatic heterocycles. The maximum Gasteiger partial charge on any atom is 0.253 e. The lowest BCUT2D eigenvalue weighted by Crippen LogP contribution is -2.39. The standard InChI is InChI=1S/C17H27N3O2.ClH/c1-11(2)8-16(21)19-15-7-6-14(9-12(15)3)17(22)20(5)13(4)10-18;/h6-7,9,11,13H,8,10,18H2,1-5H3,(H,19,21);1H. The molecule has 0 saturated carbocycles. The smallest absolute Gasteiger partial charge is 0.253 e. The zero-order valence-electron chi connectivity index (χ0n) is 14.6. The highest BCUT2D eigenvalue weighted by molar-refractivity contribution is 5.96. The number of carbonyl (C=O) groups excluding carboxylic acids is 2. The molecule has 1 aromatic rings. The van der Waals surface area contributed by atoms with Crippen molar-refractivity contribution in [1.29, 1.82) is 0 Å². The number of amides is 2. The van der Waals surface area contributed by atoms with Crippen molar-refractivity contribution in [3.05, 3.63) is 29.3 Å². The van der Waals surface area contributed by atoms with E-state index < -0.39 is 0 Å². The fourth-order valence-electron chi connectivity index (χ4n) is 2.07. The molecule has 2 amide bonds. The quantitative estimate of drug-likeness (QED) is 0.835. The van der Waals surface area contributed by atoms with E-state index in [0.29, 0.717) is 24.4 Å². The maximum atomic E-state index is 12.4. The van der Waals surface area contributed by atoms with Crippen LogP contribution in [-0.2, 0) is 4.79 Å². The molecule has 1 unspecified atom stereocenters. The first-order valence-electron chi connectivity index (χ1n) is 7.64. The van der Waals surface area contributed by atoms with Crippen LogP contribution in [0.5, 0.6) is 0 Å². The monoisotopic (exact) mass is 341 g/mol. The largest absolute Gasteiger partial charge is 0.338 e. The Kier molecular flexibility index (Phi) is 8.87. The number of halogens is 1. The molecule has 6 heteroatoms. The van der Waals surface area contributed by atoms with Crippen molar-refractivity contribution >= 4 is 29.9 Å². The zero-order valence-corrected chi connectivity index (χ0v) is 15.4. The van der Waals surface area contributed by atoms with Crippen molar-refractivity contribution in [3.8, 4) is 0 Å². The third-order valence-corrected chi connectivity index (χ3v) is 3.66. The maximum absolute atomic E-state index is 12.4. The average Bonchev–Trinajstić information content (AvgIpc) is 2.46. The molecule has 0 bridgehead atoms. The van der Waals surface area contributed by atoms with Gasteiger partial charge in [-0.3, -0.25) is 9.59 Å². The average molecular weight is 342 g/mol. The number of nitrogens with one attached hydrogen (secondary N) is 1. The summed E-state index contributed by atoms with van der Waals surface area (Å²) in [5.41, 5.74) is 7.81. The van der Waals surface area contributed by atoms with E-state index in [1.54, 1.807) is 30.1 Å². The minimum atomic E-state index is -0.0684. The van der Waals surface area contributed by atoms with E-state index in [9.17, 15) is 9.59 Å². The first-order valence-corrected chi connectivity index (χ1v) is 7.64. The molecular formula is C17H28ClN3O2. The summed E-state index contributed by atoms with van der Waals surface area (Å²) < 4.78 is 0. The van der Waals surface area contributed by atoms with Gasteiger partial charge in [0.25, 0.3) is 5.91 Å². The number of benzene rings is 1. The van der Waals surface area contributed by atoms with Crippen molar-refractivity contribution in [2.45, 2.75) is 40.2 Å². The minimum Gasteiger partial charge on any atom is -0.338 e. The number of likely N-dealkylation sites (N-methyl/N-ethyl adjacent to an activating group) is 1. The molecule has 0 fully saturated rings. The minimum absolute atomic E-state index is 0. The van der Waals surface area contributed by atoms with E-state index in [2.05, 4.69) is 5.32 Å². The van der Waals surface area contributed by atoms with Gasteiger partial charge in [0, 0.05) is 37.3 Å². The number of carbonyl (C=O) groups is 2. The van der Waals surface area contributed by atoms with E-state index in [0.717, 1.165) is 11.3 Å². The molecule has 0 aliphatic heterocycles. The van der Waals surface area contributed by atoms with Gasteiger partial charge < -0.3 is 16.0 Å². The van der Waals surface area contributed by atoms with Crippen LogP contribution in [0.15, 0.2) is 18.2 Å². The fourth-order valence-corrected chi connectivity index (χ4v) is 2.07. The molecule has 0 aliphatic rings. The third-order valence-electron chi connectivity index (χ3n) is 3.66. The molecule has 0 aliphatic carbocycles. The number of nitrogens with zero attached hydrogens (tertiary/aromatic N) is 1. The number of hydrogen-bond acceptors (Lipinski definition) is 3. The highest BCUT2D eigenvalue weighted by Crippen LogP contribution is 2.19. The van der Waals surface area contributed by atoms with Gasteiger partial charge in [-0.05, 0) is 43.5 Å². The van der Waals surface area contributed by atoms with Crippen molar-refractivity contribution in [3.63, 3.8) is 0 Å². The van der Waals surface area contributed by atoms with E-state index in [4.69, 9.17) is 5.73 Å². The van der Waals surface area contributed by atoms with Crippen LogP contribution in [0.4, 0.5) is 5.69 Å². The number of aryl methyl sites for hydroxylation is 1. The summed E-state index contributed by atoms with van der Waals surface area (Å²) in [5.74, 6) is 0.236. The van der Waals surface area contributed by atoms with Gasteiger partial charge in [-0.25, -0.2) is 0 Å². The van der Waals surface area contributed by atoms with E-state index in [1.807, 2.05) is 27.7 Å². The number of anilines is 1. The van der Waals surface area contributed by atoms with Gasteiger partial charge in [0.2, 0.25) is 5.91 Å². The van der Waals surface area contributed by atoms with E-state index in [1.165, 1.54) is 0 Å². The van der Waals surface area contributed by atoms with Gasteiger partial charge in [0.15, 0.2) is 0 Å². The fraction of sp³-hybridized carbons (Fsp3) is 0.529. The Labute approximate surface area is 145 Å². The zero-order chi connectivity index (χ0) is 16.9. The Morgan fingerprint density at radius 2 is 1.87 bits per heavy atom. The molecule has 0 heterocycles. The molecule has 1 aromatic carbocycles. The molecule has 0 saturated heterocycles. The van der Waals surface area contributed by atoms with Gasteiger partial charge in [-0.1, -0.05) is 13.8 Å². The third kappa shape index (κ3) is 6.20. The molecule has 130 valence electrons. The number of hydrogen-bond donors (Lipinski definition) is 2. The summed E-state index contributed by atoms with van der Waals surface area (Å²) in [6, 6.07) is 5.30. The summed E-state index contributed by atoms with van der Waals surface area (Å²) in [6.45, 7) is 8.22. The van der Waals surface area contributed by atoms with Crippen LogP contribution in [0, 0.1) is 12.8 Å². The van der Waals surface area contributed by atoms with Crippen molar-refractivity contribution in [1.82, 2.24) is 4.90 Å². The molecule has 5 nitrogen and oxygen atoms in total. The Hall–Kier alpha value is -1.59. The summed E-state index contributed by atoms with van der Waals surface area (Å²) in [5, 5.41) is 2.89. The van der Waals surface area contributed by atoms with Crippen LogP contribution in [0.3, 0.4) is 0 Å². The molecule has 1 rings (SSSR count). The van der Waals surface area contributed by atoms with Crippen LogP contribution in [0.2, 0.25) is 0 Å². The lowest BCUT2D eigenvalue weighted by molar-refractivity contribution is -0.116. The molecule has 0 spiro atoms. The number of rotatable bonds is 6. The second-order valence-electron chi connectivity index (χ2n) is 6.18. The Bertz CT molecular complexity index is 547. The van der Waals surface area contributed by atoms with Crippen molar-refractivity contribution in [2.75, 3.05) is 18.9 Å². The molecule has 3 N–H and O–H groups in total.